The van der Waals surface area contributed by atoms with Crippen molar-refractivity contribution in [3.05, 3.63) is 0 Å². The second-order valence-corrected chi connectivity index (χ2v) is 3.28. The molecule has 0 atom stereocenters. The molecule has 0 heterocycles. The molecule has 0 radical (unpaired) electrons. The number of hydrogen-bond acceptors (Lipinski definition) is 0. The Bertz CT molecular complexity index is 72.6. The van der Waals surface area contributed by atoms with E-state index in [2.05, 4.69) is 6.92 Å². The van der Waals surface area contributed by atoms with Gasteiger partial charge in [-0.25, -0.2) is 0 Å². The van der Waals surface area contributed by atoms with Crippen LogP contribution < -0.4 is 0 Å². The Hall–Kier alpha value is -0.0700. The van der Waals surface area contributed by atoms with Crippen LogP contribution in [0.2, 0.25) is 0 Å². The molecule has 1 heteroatoms. The van der Waals surface area contributed by atoms with E-state index >= 15 is 0 Å². The Balaban J connectivity index is 2.18. The molecule has 0 aromatic rings. The molecule has 1 aliphatic carbocycles. The Morgan fingerprint density at radius 3 is 2.22 bits per heavy atom. The van der Waals surface area contributed by atoms with Crippen LogP contribution in [0.3, 0.4) is 0 Å². The quantitative estimate of drug-likeness (QED) is 0.512. The van der Waals surface area contributed by atoms with E-state index in [1.165, 1.54) is 12.8 Å². The average Bonchev–Trinajstić information content (AvgIpc) is 1.90. The van der Waals surface area contributed by atoms with Crippen LogP contribution in [0.4, 0.5) is 4.39 Å². The van der Waals surface area contributed by atoms with Gasteiger partial charge in [-0.05, 0) is 24.7 Å². The molecule has 9 heavy (non-hydrogen) atoms. The fourth-order valence-corrected chi connectivity index (χ4v) is 1.48. The van der Waals surface area contributed by atoms with Gasteiger partial charge in [0.1, 0.15) is 0 Å². The molecule has 0 nitrogen and oxygen atoms in total. The standard InChI is InChI=1S/C8H15F/c1-7-2-4-8(6-9)5-3-7/h7-8H,2-6H2,1H3. The lowest BCUT2D eigenvalue weighted by molar-refractivity contribution is 0.241. The second kappa shape index (κ2) is 3.19. The summed E-state index contributed by atoms with van der Waals surface area (Å²) in [4.78, 5) is 0. The molecule has 1 fully saturated rings. The lowest BCUT2D eigenvalue weighted by Crippen LogP contribution is -2.13. The SMILES string of the molecule is CC1CCC(CF)CC1. The number of halogens is 1. The van der Waals surface area contributed by atoms with Crippen molar-refractivity contribution in [1.82, 2.24) is 0 Å². The minimum atomic E-state index is -0.0906. The van der Waals surface area contributed by atoms with E-state index in [1.54, 1.807) is 0 Å². The van der Waals surface area contributed by atoms with Gasteiger partial charge < -0.3 is 0 Å². The van der Waals surface area contributed by atoms with Gasteiger partial charge in [0.25, 0.3) is 0 Å². The minimum Gasteiger partial charge on any atom is -0.251 e. The molecule has 0 aromatic carbocycles. The van der Waals surface area contributed by atoms with Crippen molar-refractivity contribution in [1.29, 1.82) is 0 Å². The summed E-state index contributed by atoms with van der Waals surface area (Å²) in [6.45, 7) is 2.17. The first-order valence-electron chi connectivity index (χ1n) is 3.89. The van der Waals surface area contributed by atoms with Gasteiger partial charge in [-0.15, -0.1) is 0 Å². The van der Waals surface area contributed by atoms with Crippen molar-refractivity contribution in [2.75, 3.05) is 6.67 Å². The third kappa shape index (κ3) is 1.96. The fraction of sp³-hybridized carbons (Fsp3) is 1.00. The van der Waals surface area contributed by atoms with E-state index in [1.807, 2.05) is 0 Å². The third-order valence-electron chi connectivity index (χ3n) is 2.35. The molecule has 1 rings (SSSR count). The predicted octanol–water partition coefficient (Wildman–Crippen LogP) is 2.78. The zero-order valence-electron chi connectivity index (χ0n) is 6.07. The third-order valence-corrected chi connectivity index (χ3v) is 2.35. The molecule has 0 aromatic heterocycles. The lowest BCUT2D eigenvalue weighted by atomic mass is 9.84. The van der Waals surface area contributed by atoms with E-state index < -0.39 is 0 Å². The van der Waals surface area contributed by atoms with E-state index in [0.717, 1.165) is 18.8 Å². The molecule has 54 valence electrons. The Kier molecular flexibility index (Phi) is 2.49. The summed E-state index contributed by atoms with van der Waals surface area (Å²) in [5.41, 5.74) is 0. The Labute approximate surface area is 56.5 Å². The topological polar surface area (TPSA) is 0 Å². The highest BCUT2D eigenvalue weighted by Gasteiger charge is 2.17. The number of rotatable bonds is 1. The number of hydrogen-bond donors (Lipinski definition) is 0. The molecule has 0 N–H and O–H groups in total. The van der Waals surface area contributed by atoms with Crippen molar-refractivity contribution in [3.63, 3.8) is 0 Å². The van der Waals surface area contributed by atoms with Crippen molar-refractivity contribution in [2.45, 2.75) is 32.6 Å². The molecule has 0 amide bonds. The molecule has 1 saturated carbocycles. The van der Waals surface area contributed by atoms with Gasteiger partial charge in [-0.1, -0.05) is 19.8 Å². The summed E-state index contributed by atoms with van der Waals surface area (Å²) < 4.78 is 12.0. The largest absolute Gasteiger partial charge is 0.251 e. The summed E-state index contributed by atoms with van der Waals surface area (Å²) in [6, 6.07) is 0. The monoisotopic (exact) mass is 130 g/mol. The summed E-state index contributed by atoms with van der Waals surface area (Å²) in [5, 5.41) is 0. The minimum absolute atomic E-state index is 0.0906. The van der Waals surface area contributed by atoms with E-state index in [-0.39, 0.29) is 6.67 Å². The Morgan fingerprint density at radius 1 is 1.22 bits per heavy atom. The number of alkyl halides is 1. The van der Waals surface area contributed by atoms with Crippen LogP contribution in [0, 0.1) is 11.8 Å². The van der Waals surface area contributed by atoms with E-state index in [0.29, 0.717) is 5.92 Å². The van der Waals surface area contributed by atoms with Crippen molar-refractivity contribution in [3.8, 4) is 0 Å². The first kappa shape index (κ1) is 7.04. The molecular formula is C8H15F. The zero-order chi connectivity index (χ0) is 6.69. The molecule has 1 aliphatic rings. The predicted molar refractivity (Wildman–Crippen MR) is 37.1 cm³/mol. The summed E-state index contributed by atoms with van der Waals surface area (Å²) in [6.07, 6.45) is 4.73. The molecular weight excluding hydrogens is 115 g/mol. The van der Waals surface area contributed by atoms with E-state index in [9.17, 15) is 4.39 Å². The maximum atomic E-state index is 12.0. The van der Waals surface area contributed by atoms with Crippen LogP contribution in [0.25, 0.3) is 0 Å². The molecule has 0 spiro atoms. The van der Waals surface area contributed by atoms with Gasteiger partial charge in [0, 0.05) is 0 Å². The van der Waals surface area contributed by atoms with Crippen LogP contribution >= 0.6 is 0 Å². The van der Waals surface area contributed by atoms with Crippen LogP contribution in [-0.4, -0.2) is 6.67 Å². The highest BCUT2D eigenvalue weighted by Crippen LogP contribution is 2.28. The van der Waals surface area contributed by atoms with Crippen LogP contribution in [-0.2, 0) is 0 Å². The average molecular weight is 130 g/mol. The fourth-order valence-electron chi connectivity index (χ4n) is 1.48. The smallest absolute Gasteiger partial charge is 0.0922 e. The highest BCUT2D eigenvalue weighted by molar-refractivity contribution is 4.68. The van der Waals surface area contributed by atoms with Gasteiger partial charge in [-0.3, -0.25) is 4.39 Å². The first-order valence-corrected chi connectivity index (χ1v) is 3.89. The lowest BCUT2D eigenvalue weighted by Gasteiger charge is -2.23. The summed E-state index contributed by atoms with van der Waals surface area (Å²) in [7, 11) is 0. The molecule has 0 unspecified atom stereocenters. The van der Waals surface area contributed by atoms with Crippen LogP contribution in [0.5, 0.6) is 0 Å². The second-order valence-electron chi connectivity index (χ2n) is 3.28. The maximum Gasteiger partial charge on any atom is 0.0922 e. The molecule has 0 saturated heterocycles. The summed E-state index contributed by atoms with van der Waals surface area (Å²) >= 11 is 0. The highest BCUT2D eigenvalue weighted by atomic mass is 19.1. The zero-order valence-corrected chi connectivity index (χ0v) is 6.07. The molecule has 0 bridgehead atoms. The Morgan fingerprint density at radius 2 is 1.78 bits per heavy atom. The van der Waals surface area contributed by atoms with Crippen LogP contribution in [0.15, 0.2) is 0 Å². The van der Waals surface area contributed by atoms with Crippen molar-refractivity contribution >= 4 is 0 Å². The van der Waals surface area contributed by atoms with Gasteiger partial charge in [0.15, 0.2) is 0 Å². The maximum absolute atomic E-state index is 12.0. The summed E-state index contributed by atoms with van der Waals surface area (Å²) in [5.74, 6) is 1.26. The van der Waals surface area contributed by atoms with Crippen molar-refractivity contribution < 1.29 is 4.39 Å². The van der Waals surface area contributed by atoms with Gasteiger partial charge in [0.05, 0.1) is 6.67 Å². The first-order chi connectivity index (χ1) is 4.33. The normalized spacial score (nSPS) is 36.7. The van der Waals surface area contributed by atoms with E-state index in [4.69, 9.17) is 0 Å². The van der Waals surface area contributed by atoms with Gasteiger partial charge in [-0.2, -0.15) is 0 Å². The van der Waals surface area contributed by atoms with Crippen LogP contribution in [0.1, 0.15) is 32.6 Å². The van der Waals surface area contributed by atoms with Crippen molar-refractivity contribution in [2.24, 2.45) is 11.8 Å². The van der Waals surface area contributed by atoms with Gasteiger partial charge in [0.2, 0.25) is 0 Å². The molecule has 0 aliphatic heterocycles. The van der Waals surface area contributed by atoms with Gasteiger partial charge >= 0.3 is 0 Å².